The molecule has 0 aromatic heterocycles. The van der Waals surface area contributed by atoms with Crippen molar-refractivity contribution >= 4 is 15.7 Å². The molecule has 2 aromatic carbocycles. The van der Waals surface area contributed by atoms with Gasteiger partial charge in [-0.05, 0) is 78.7 Å². The number of benzene rings is 2. The van der Waals surface area contributed by atoms with Gasteiger partial charge in [0.25, 0.3) is 0 Å². The zero-order valence-electron chi connectivity index (χ0n) is 18.8. The highest BCUT2D eigenvalue weighted by atomic mass is 32.2. The van der Waals surface area contributed by atoms with Crippen LogP contribution in [0.4, 0.5) is 5.69 Å². The first kappa shape index (κ1) is 23.4. The van der Waals surface area contributed by atoms with Crippen LogP contribution in [0.2, 0.25) is 0 Å². The van der Waals surface area contributed by atoms with E-state index in [1.807, 2.05) is 32.0 Å². The Hall–Kier alpha value is -2.25. The molecule has 1 heterocycles. The van der Waals surface area contributed by atoms with Gasteiger partial charge in [-0.3, -0.25) is 0 Å². The molecule has 7 heteroatoms. The van der Waals surface area contributed by atoms with E-state index in [4.69, 9.17) is 4.74 Å². The highest BCUT2D eigenvalue weighted by Crippen LogP contribution is 2.38. The van der Waals surface area contributed by atoms with Crippen molar-refractivity contribution in [3.8, 4) is 11.5 Å². The van der Waals surface area contributed by atoms with Gasteiger partial charge in [-0.25, -0.2) is 8.42 Å². The number of nitroso groups, excluding NO2 is 1. The van der Waals surface area contributed by atoms with Crippen LogP contribution in [0.1, 0.15) is 50.7 Å². The molecule has 0 amide bonds. The number of nitrogens with zero attached hydrogens (tertiary/aromatic N) is 2. The van der Waals surface area contributed by atoms with Crippen molar-refractivity contribution in [2.75, 3.05) is 13.1 Å². The molecule has 0 aliphatic carbocycles. The second-order valence-corrected chi connectivity index (χ2v) is 10.4. The number of hydrogen-bond acceptors (Lipinski definition) is 5. The summed E-state index contributed by atoms with van der Waals surface area (Å²) in [6, 6.07) is 10.0. The van der Waals surface area contributed by atoms with Crippen LogP contribution in [0.25, 0.3) is 0 Å². The lowest BCUT2D eigenvalue weighted by atomic mass is 9.86. The first-order valence-corrected chi connectivity index (χ1v) is 12.5. The van der Waals surface area contributed by atoms with Crippen LogP contribution in [0.3, 0.4) is 0 Å². The minimum atomic E-state index is -3.82. The summed E-state index contributed by atoms with van der Waals surface area (Å²) in [7, 11) is -3.82. The van der Waals surface area contributed by atoms with Crippen LogP contribution in [0, 0.1) is 30.6 Å². The summed E-state index contributed by atoms with van der Waals surface area (Å²) in [5, 5.41) is 2.94. The zero-order valence-corrected chi connectivity index (χ0v) is 19.6. The molecule has 0 N–H and O–H groups in total. The Labute approximate surface area is 185 Å². The largest absolute Gasteiger partial charge is 0.456 e. The Kier molecular flexibility index (Phi) is 7.49. The van der Waals surface area contributed by atoms with Crippen LogP contribution >= 0.6 is 0 Å². The van der Waals surface area contributed by atoms with Crippen molar-refractivity contribution < 1.29 is 13.2 Å². The standard InChI is InChI=1S/C24H32N2O4S/c1-5-7-19(6-2)20-10-11-26(16-20)31(28,29)24-15-21(25-27)8-9-23(24)30-22-13-17(3)12-18(4)14-22/h8-9,12-15,19-20H,5-7,10-11,16H2,1-4H3/t19?,20-/m1/s1. The van der Waals surface area contributed by atoms with Crippen molar-refractivity contribution in [2.45, 2.75) is 58.3 Å². The van der Waals surface area contributed by atoms with Gasteiger partial charge in [0.1, 0.15) is 22.1 Å². The second-order valence-electron chi connectivity index (χ2n) is 8.52. The molecule has 3 rings (SSSR count). The fourth-order valence-electron chi connectivity index (χ4n) is 4.60. The lowest BCUT2D eigenvalue weighted by Crippen LogP contribution is -2.30. The van der Waals surface area contributed by atoms with Crippen molar-refractivity contribution in [1.29, 1.82) is 0 Å². The van der Waals surface area contributed by atoms with E-state index >= 15 is 0 Å². The second kappa shape index (κ2) is 9.92. The predicted octanol–water partition coefficient (Wildman–Crippen LogP) is 6.33. The van der Waals surface area contributed by atoms with Crippen LogP contribution in [0.15, 0.2) is 46.5 Å². The number of ether oxygens (including phenoxy) is 1. The Morgan fingerprint density at radius 3 is 2.45 bits per heavy atom. The highest BCUT2D eigenvalue weighted by molar-refractivity contribution is 7.89. The monoisotopic (exact) mass is 444 g/mol. The first-order valence-electron chi connectivity index (χ1n) is 11.0. The molecular weight excluding hydrogens is 412 g/mol. The molecule has 0 bridgehead atoms. The van der Waals surface area contributed by atoms with Crippen molar-refractivity contribution in [1.82, 2.24) is 4.31 Å². The molecule has 1 saturated heterocycles. The van der Waals surface area contributed by atoms with E-state index in [1.54, 1.807) is 0 Å². The molecule has 1 fully saturated rings. The molecule has 1 unspecified atom stereocenters. The van der Waals surface area contributed by atoms with Gasteiger partial charge in [-0.15, -0.1) is 4.91 Å². The third-order valence-electron chi connectivity index (χ3n) is 6.11. The summed E-state index contributed by atoms with van der Waals surface area (Å²) in [6.45, 7) is 9.24. The van der Waals surface area contributed by atoms with Crippen molar-refractivity contribution in [2.24, 2.45) is 17.0 Å². The molecule has 2 atom stereocenters. The zero-order chi connectivity index (χ0) is 22.6. The number of sulfonamides is 1. The predicted molar refractivity (Wildman–Crippen MR) is 123 cm³/mol. The van der Waals surface area contributed by atoms with E-state index in [9.17, 15) is 13.3 Å². The van der Waals surface area contributed by atoms with Crippen LogP contribution < -0.4 is 4.74 Å². The summed E-state index contributed by atoms with van der Waals surface area (Å²) in [6.07, 6.45) is 4.12. The van der Waals surface area contributed by atoms with Gasteiger partial charge in [0.15, 0.2) is 0 Å². The lowest BCUT2D eigenvalue weighted by molar-refractivity contribution is 0.309. The molecule has 0 spiro atoms. The maximum atomic E-state index is 13.6. The van der Waals surface area contributed by atoms with Gasteiger partial charge < -0.3 is 4.74 Å². The number of aryl methyl sites for hydroxylation is 2. The minimum absolute atomic E-state index is 0.00653. The Morgan fingerprint density at radius 2 is 1.84 bits per heavy atom. The summed E-state index contributed by atoms with van der Waals surface area (Å²) >= 11 is 0. The topological polar surface area (TPSA) is 76.0 Å². The fraction of sp³-hybridized carbons (Fsp3) is 0.500. The summed E-state index contributed by atoms with van der Waals surface area (Å²) in [4.78, 5) is 11.1. The third-order valence-corrected chi connectivity index (χ3v) is 8.00. The van der Waals surface area contributed by atoms with Gasteiger partial charge >= 0.3 is 0 Å². The number of hydrogen-bond donors (Lipinski definition) is 0. The maximum absolute atomic E-state index is 13.6. The fourth-order valence-corrected chi connectivity index (χ4v) is 6.24. The van der Waals surface area contributed by atoms with Gasteiger partial charge in [0.2, 0.25) is 10.0 Å². The van der Waals surface area contributed by atoms with Gasteiger partial charge in [-0.1, -0.05) is 39.2 Å². The summed E-state index contributed by atoms with van der Waals surface area (Å²) in [5.41, 5.74) is 2.11. The van der Waals surface area contributed by atoms with E-state index in [0.29, 0.717) is 30.7 Å². The molecule has 168 valence electrons. The normalized spacial score (nSPS) is 18.1. The van der Waals surface area contributed by atoms with Crippen LogP contribution in [0.5, 0.6) is 11.5 Å². The van der Waals surface area contributed by atoms with E-state index in [-0.39, 0.29) is 16.3 Å². The van der Waals surface area contributed by atoms with Crippen LogP contribution in [-0.4, -0.2) is 25.8 Å². The van der Waals surface area contributed by atoms with Crippen molar-refractivity contribution in [3.63, 3.8) is 0 Å². The molecule has 2 aromatic rings. The van der Waals surface area contributed by atoms with E-state index < -0.39 is 10.0 Å². The van der Waals surface area contributed by atoms with Gasteiger partial charge in [0.05, 0.1) is 0 Å². The number of rotatable bonds is 9. The highest BCUT2D eigenvalue weighted by Gasteiger charge is 2.37. The summed E-state index contributed by atoms with van der Waals surface area (Å²) in [5.74, 6) is 1.66. The van der Waals surface area contributed by atoms with E-state index in [0.717, 1.165) is 36.8 Å². The SMILES string of the molecule is CCCC(CC)[C@@H]1CCN(S(=O)(=O)c2cc(N=O)ccc2Oc2cc(C)cc(C)c2)C1. The smallest absolute Gasteiger partial charge is 0.246 e. The van der Waals surface area contributed by atoms with Crippen LogP contribution in [-0.2, 0) is 10.0 Å². The molecule has 0 saturated carbocycles. The third kappa shape index (κ3) is 5.33. The minimum Gasteiger partial charge on any atom is -0.456 e. The molecule has 1 aliphatic rings. The lowest BCUT2D eigenvalue weighted by Gasteiger charge is -2.23. The Morgan fingerprint density at radius 1 is 1.13 bits per heavy atom. The average molecular weight is 445 g/mol. The Bertz CT molecular complexity index is 1020. The summed E-state index contributed by atoms with van der Waals surface area (Å²) < 4.78 is 34.7. The molecule has 0 radical (unpaired) electrons. The molecular formula is C24H32N2O4S. The molecule has 6 nitrogen and oxygen atoms in total. The van der Waals surface area contributed by atoms with E-state index in [2.05, 4.69) is 19.0 Å². The Balaban J connectivity index is 1.93. The van der Waals surface area contributed by atoms with E-state index in [1.165, 1.54) is 22.5 Å². The first-order chi connectivity index (χ1) is 14.8. The average Bonchev–Trinajstić information content (AvgIpc) is 3.22. The van der Waals surface area contributed by atoms with Gasteiger partial charge in [-0.2, -0.15) is 4.31 Å². The maximum Gasteiger partial charge on any atom is 0.246 e. The van der Waals surface area contributed by atoms with Crippen molar-refractivity contribution in [3.05, 3.63) is 52.4 Å². The van der Waals surface area contributed by atoms with Gasteiger partial charge in [0, 0.05) is 13.1 Å². The quantitative estimate of drug-likeness (QED) is 0.423. The molecule has 1 aliphatic heterocycles. The molecule has 31 heavy (non-hydrogen) atoms.